The Morgan fingerprint density at radius 1 is 0.828 bits per heavy atom. The summed E-state index contributed by atoms with van der Waals surface area (Å²) in [7, 11) is 0. The number of aliphatic hydroxyl groups excluding tert-OH is 1. The second-order valence-electron chi connectivity index (χ2n) is 6.51. The van der Waals surface area contributed by atoms with E-state index in [4.69, 9.17) is 0 Å². The number of carboxylic acids is 3. The van der Waals surface area contributed by atoms with E-state index in [1.165, 1.54) is 25.7 Å². The summed E-state index contributed by atoms with van der Waals surface area (Å²) < 4.78 is 0. The van der Waals surface area contributed by atoms with Gasteiger partial charge in [-0.2, -0.15) is 0 Å². The third-order valence-corrected chi connectivity index (χ3v) is 4.55. The quantitative estimate of drug-likeness (QED) is 0.234. The van der Waals surface area contributed by atoms with Crippen molar-refractivity contribution >= 4 is 17.9 Å². The van der Waals surface area contributed by atoms with Gasteiger partial charge in [0.05, 0.1) is 24.0 Å². The molecule has 4 unspecified atom stereocenters. The van der Waals surface area contributed by atoms with Gasteiger partial charge in [-0.25, -0.2) is 0 Å². The average Bonchev–Trinajstić information content (AvgIpc) is 2.57. The van der Waals surface area contributed by atoms with Crippen molar-refractivity contribution in [2.24, 2.45) is 0 Å². The van der Waals surface area contributed by atoms with Crippen LogP contribution in [0.3, 0.4) is 0 Å². The van der Waals surface area contributed by atoms with Crippen LogP contribution in [-0.2, 0) is 14.4 Å². The standard InChI is InChI=1S/C17H32N2O7.3K/c1-5-6-7-14(20)10-18(11(2)15(21)22)8-9-19(12(3)16(23)24)13(4)17(25)26;;;/h11-14,20H,5-10H2,1-4H3,(H,21,22)(H,23,24)(H,25,26);;;/q;3*+1/p-3. The Morgan fingerprint density at radius 3 is 1.59 bits per heavy atom. The van der Waals surface area contributed by atoms with Crippen LogP contribution in [-0.4, -0.2) is 76.7 Å². The van der Waals surface area contributed by atoms with E-state index < -0.39 is 42.1 Å². The van der Waals surface area contributed by atoms with Gasteiger partial charge in [-0.1, -0.05) is 19.8 Å². The van der Waals surface area contributed by atoms with E-state index in [2.05, 4.69) is 0 Å². The van der Waals surface area contributed by atoms with Crippen LogP contribution in [0.1, 0.15) is 47.0 Å². The minimum Gasteiger partial charge on any atom is -0.548 e. The van der Waals surface area contributed by atoms with Crippen LogP contribution in [0.4, 0.5) is 0 Å². The van der Waals surface area contributed by atoms with Crippen molar-refractivity contribution in [2.75, 3.05) is 19.6 Å². The molecule has 0 aliphatic carbocycles. The van der Waals surface area contributed by atoms with Crippen molar-refractivity contribution in [1.29, 1.82) is 0 Å². The molecule has 0 aromatic rings. The molecule has 0 radical (unpaired) electrons. The number of aliphatic carboxylic acids is 3. The maximum Gasteiger partial charge on any atom is 1.00 e. The molecule has 12 heteroatoms. The number of nitrogens with zero attached hydrogens (tertiary/aromatic N) is 2. The Labute approximate surface area is 301 Å². The van der Waals surface area contributed by atoms with Gasteiger partial charge in [0.1, 0.15) is 0 Å². The van der Waals surface area contributed by atoms with Crippen LogP contribution in [0.15, 0.2) is 0 Å². The molecule has 0 saturated carbocycles. The van der Waals surface area contributed by atoms with Gasteiger partial charge in [-0.3, -0.25) is 9.80 Å². The van der Waals surface area contributed by atoms with Gasteiger partial charge in [0.2, 0.25) is 0 Å². The van der Waals surface area contributed by atoms with E-state index in [9.17, 15) is 34.8 Å². The van der Waals surface area contributed by atoms with E-state index >= 15 is 0 Å². The number of rotatable bonds is 14. The third-order valence-electron chi connectivity index (χ3n) is 4.55. The van der Waals surface area contributed by atoms with E-state index in [0.29, 0.717) is 6.42 Å². The second kappa shape index (κ2) is 21.7. The summed E-state index contributed by atoms with van der Waals surface area (Å²) in [6, 6.07) is -3.43. The van der Waals surface area contributed by atoms with Gasteiger partial charge in [-0.15, -0.1) is 0 Å². The number of hydrogen-bond acceptors (Lipinski definition) is 9. The number of carbonyl (C=O) groups is 3. The minimum absolute atomic E-state index is 0. The fraction of sp³-hybridized carbons (Fsp3) is 0.824. The fourth-order valence-corrected chi connectivity index (χ4v) is 2.63. The molecule has 0 bridgehead atoms. The van der Waals surface area contributed by atoms with Crippen LogP contribution in [0.25, 0.3) is 0 Å². The molecule has 29 heavy (non-hydrogen) atoms. The monoisotopic (exact) mass is 490 g/mol. The zero-order valence-electron chi connectivity index (χ0n) is 18.8. The van der Waals surface area contributed by atoms with Gasteiger partial charge in [0.15, 0.2) is 0 Å². The fourth-order valence-electron chi connectivity index (χ4n) is 2.63. The SMILES string of the molecule is CCCCC(O)CN(CCN(C(C)C(=O)[O-])C(C)C(=O)[O-])C(C)C(=O)[O-].[K+].[K+].[K+]. The summed E-state index contributed by atoms with van der Waals surface area (Å²) in [6.45, 7) is 5.98. The normalized spacial score (nSPS) is 14.6. The molecule has 0 aliphatic rings. The van der Waals surface area contributed by atoms with Crippen molar-refractivity contribution < 1.29 is 189 Å². The predicted octanol–water partition coefficient (Wildman–Crippen LogP) is -12.4. The van der Waals surface area contributed by atoms with E-state index in [-0.39, 0.29) is 174 Å². The molecular weight excluding hydrogens is 461 g/mol. The van der Waals surface area contributed by atoms with Gasteiger partial charge in [0, 0.05) is 37.8 Å². The second-order valence-corrected chi connectivity index (χ2v) is 6.51. The molecule has 0 aromatic heterocycles. The predicted molar refractivity (Wildman–Crippen MR) is 87.2 cm³/mol. The summed E-state index contributed by atoms with van der Waals surface area (Å²) in [5, 5.41) is 43.5. The maximum atomic E-state index is 11.2. The number of hydrogen-bond donors (Lipinski definition) is 1. The topological polar surface area (TPSA) is 147 Å². The molecule has 0 amide bonds. The Kier molecular flexibility index (Phi) is 29.5. The summed E-state index contributed by atoms with van der Waals surface area (Å²) in [6.07, 6.45) is 1.42. The molecule has 0 fully saturated rings. The molecule has 0 aliphatic heterocycles. The molecule has 0 heterocycles. The molecule has 0 rings (SSSR count). The first kappa shape index (κ1) is 39.4. The Morgan fingerprint density at radius 2 is 1.24 bits per heavy atom. The van der Waals surface area contributed by atoms with Crippen molar-refractivity contribution in [2.45, 2.75) is 71.2 Å². The molecule has 9 nitrogen and oxygen atoms in total. The van der Waals surface area contributed by atoms with Crippen molar-refractivity contribution in [3.8, 4) is 0 Å². The molecular formula is C17H29K3N2O7. The van der Waals surface area contributed by atoms with Crippen LogP contribution in [0.5, 0.6) is 0 Å². The van der Waals surface area contributed by atoms with Gasteiger partial charge >= 0.3 is 154 Å². The van der Waals surface area contributed by atoms with Crippen LogP contribution in [0, 0.1) is 0 Å². The molecule has 0 saturated heterocycles. The van der Waals surface area contributed by atoms with Crippen molar-refractivity contribution in [3.63, 3.8) is 0 Å². The van der Waals surface area contributed by atoms with Gasteiger partial charge in [-0.05, 0) is 27.2 Å². The molecule has 0 spiro atoms. The summed E-state index contributed by atoms with van der Waals surface area (Å²) in [4.78, 5) is 36.1. The average molecular weight is 491 g/mol. The third kappa shape index (κ3) is 16.5. The number of unbranched alkanes of at least 4 members (excludes halogenated alkanes) is 1. The summed E-state index contributed by atoms with van der Waals surface area (Å²) >= 11 is 0. The van der Waals surface area contributed by atoms with Crippen LogP contribution < -0.4 is 169 Å². The maximum absolute atomic E-state index is 11.2. The van der Waals surface area contributed by atoms with Gasteiger partial charge < -0.3 is 34.8 Å². The van der Waals surface area contributed by atoms with E-state index in [1.54, 1.807) is 0 Å². The minimum atomic E-state index is -1.44. The zero-order valence-corrected chi connectivity index (χ0v) is 28.2. The van der Waals surface area contributed by atoms with Crippen LogP contribution >= 0.6 is 0 Å². The van der Waals surface area contributed by atoms with Crippen molar-refractivity contribution in [3.05, 3.63) is 0 Å². The summed E-state index contributed by atoms with van der Waals surface area (Å²) in [5.41, 5.74) is 0. The van der Waals surface area contributed by atoms with E-state index in [1.807, 2.05) is 6.92 Å². The molecule has 4 atom stereocenters. The molecule has 1 N–H and O–H groups in total. The Bertz CT molecular complexity index is 466. The largest absolute Gasteiger partial charge is 1.00 e. The van der Waals surface area contributed by atoms with Gasteiger partial charge in [0.25, 0.3) is 0 Å². The number of aliphatic hydroxyl groups is 1. The molecule has 0 aromatic carbocycles. The van der Waals surface area contributed by atoms with E-state index in [0.717, 1.165) is 17.7 Å². The first-order valence-corrected chi connectivity index (χ1v) is 8.83. The number of carbonyl (C=O) groups excluding carboxylic acids is 3. The number of carboxylic acid groups (broad SMARTS) is 3. The first-order valence-electron chi connectivity index (χ1n) is 8.83. The Hall–Kier alpha value is 3.20. The zero-order chi connectivity index (χ0) is 20.4. The first-order chi connectivity index (χ1) is 12.0. The smallest absolute Gasteiger partial charge is 0.548 e. The molecule has 152 valence electrons. The van der Waals surface area contributed by atoms with Crippen LogP contribution in [0.2, 0.25) is 0 Å². The Balaban J connectivity index is -0.00000104. The summed E-state index contributed by atoms with van der Waals surface area (Å²) in [5.74, 6) is -4.22. The van der Waals surface area contributed by atoms with Crippen molar-refractivity contribution in [1.82, 2.24) is 9.80 Å².